The summed E-state index contributed by atoms with van der Waals surface area (Å²) in [7, 11) is 0. The van der Waals surface area contributed by atoms with Crippen molar-refractivity contribution < 1.29 is 30.0 Å². The summed E-state index contributed by atoms with van der Waals surface area (Å²) in [6, 6.07) is 0. The number of hydrogen-bond donors (Lipinski definition) is 4. The average molecular weight is 507 g/mol. The number of Topliss-reactive ketones (excluding diaryl/α,β-unsaturated/α-hetero) is 1. The molecule has 5 rings (SSSR count). The van der Waals surface area contributed by atoms with E-state index in [2.05, 4.69) is 27.7 Å². The molecule has 0 unspecified atom stereocenters. The van der Waals surface area contributed by atoms with E-state index in [1.54, 1.807) is 13.8 Å². The summed E-state index contributed by atoms with van der Waals surface area (Å²) in [5.41, 5.74) is -3.65. The molecule has 4 aliphatic carbocycles. The van der Waals surface area contributed by atoms with Gasteiger partial charge in [0.15, 0.2) is 5.78 Å². The summed E-state index contributed by atoms with van der Waals surface area (Å²) in [5.74, 6) is -0.0420. The Morgan fingerprint density at radius 1 is 0.806 bits per heavy atom. The number of ketones is 1. The molecule has 6 heteroatoms. The number of carbonyl (C=O) groups is 1. The van der Waals surface area contributed by atoms with E-state index in [0.29, 0.717) is 19.3 Å². The van der Waals surface area contributed by atoms with Gasteiger partial charge in [-0.1, -0.05) is 34.6 Å². The van der Waals surface area contributed by atoms with E-state index in [-0.39, 0.29) is 40.6 Å². The van der Waals surface area contributed by atoms with Crippen LogP contribution in [0.15, 0.2) is 0 Å². The fraction of sp³-hybridized carbons (Fsp3) is 0.967. The van der Waals surface area contributed by atoms with Gasteiger partial charge in [0, 0.05) is 5.41 Å². The zero-order valence-corrected chi connectivity index (χ0v) is 23.5. The van der Waals surface area contributed by atoms with Gasteiger partial charge in [-0.05, 0) is 106 Å². The fourth-order valence-corrected chi connectivity index (χ4v) is 10.7. The monoisotopic (exact) mass is 506 g/mol. The number of hydrogen-bond acceptors (Lipinski definition) is 6. The molecule has 0 aromatic heterocycles. The van der Waals surface area contributed by atoms with Crippen molar-refractivity contribution in [2.45, 2.75) is 141 Å². The van der Waals surface area contributed by atoms with Crippen LogP contribution in [-0.2, 0) is 9.53 Å². The third kappa shape index (κ3) is 3.36. The van der Waals surface area contributed by atoms with Crippen molar-refractivity contribution in [2.24, 2.45) is 39.9 Å². The predicted molar refractivity (Wildman–Crippen MR) is 137 cm³/mol. The van der Waals surface area contributed by atoms with Gasteiger partial charge >= 0.3 is 0 Å². The third-order valence-corrected chi connectivity index (χ3v) is 12.7. The van der Waals surface area contributed by atoms with Crippen LogP contribution in [0.4, 0.5) is 0 Å². The zero-order chi connectivity index (χ0) is 26.7. The zero-order valence-electron chi connectivity index (χ0n) is 23.5. The van der Waals surface area contributed by atoms with E-state index < -0.39 is 40.2 Å². The SMILES string of the molecule is CC(C)[C@@]1(O)CC[C@]2(C)C[C@@](O)([C@@H]3CC[C@H]4[C@@]3(C)CC[C@H]3OC(C)(C)[C@H](O)C(=O)[C@@H](O)[C@@]34C)CC[C@H]21. The molecule has 36 heavy (non-hydrogen) atoms. The maximum Gasteiger partial charge on any atom is 0.193 e. The molecule has 0 spiro atoms. The number of fused-ring (bicyclic) bond motifs is 4. The Bertz CT molecular complexity index is 917. The Kier molecular flexibility index (Phi) is 6.01. The normalized spacial score (nSPS) is 56.7. The van der Waals surface area contributed by atoms with Crippen LogP contribution in [0.2, 0.25) is 0 Å². The summed E-state index contributed by atoms with van der Waals surface area (Å²) < 4.78 is 6.41. The molecule has 6 nitrogen and oxygen atoms in total. The van der Waals surface area contributed by atoms with E-state index in [1.807, 2.05) is 6.92 Å². The topological polar surface area (TPSA) is 107 Å². The maximum atomic E-state index is 13.2. The van der Waals surface area contributed by atoms with Gasteiger partial charge < -0.3 is 25.2 Å². The third-order valence-electron chi connectivity index (χ3n) is 12.7. The molecule has 5 fully saturated rings. The molecule has 1 saturated heterocycles. The molecular weight excluding hydrogens is 456 g/mol. The van der Waals surface area contributed by atoms with Gasteiger partial charge in [-0.2, -0.15) is 0 Å². The molecule has 1 aliphatic heterocycles. The van der Waals surface area contributed by atoms with Crippen molar-refractivity contribution in [3.63, 3.8) is 0 Å². The first kappa shape index (κ1) is 27.1. The number of rotatable bonds is 2. The lowest BCUT2D eigenvalue weighted by atomic mass is 9.48. The first-order valence-corrected chi connectivity index (χ1v) is 14.5. The number of ether oxygens (including phenoxy) is 1. The first-order chi connectivity index (χ1) is 16.5. The van der Waals surface area contributed by atoms with Crippen molar-refractivity contribution in [1.82, 2.24) is 0 Å². The summed E-state index contributed by atoms with van der Waals surface area (Å²) in [6.07, 6.45) is 4.27. The van der Waals surface area contributed by atoms with Crippen molar-refractivity contribution in [2.75, 3.05) is 0 Å². The van der Waals surface area contributed by atoms with Gasteiger partial charge in [0.05, 0.1) is 22.9 Å². The molecule has 206 valence electrons. The van der Waals surface area contributed by atoms with Crippen molar-refractivity contribution in [1.29, 1.82) is 0 Å². The number of aliphatic hydroxyl groups excluding tert-OH is 2. The van der Waals surface area contributed by atoms with Gasteiger partial charge in [-0.15, -0.1) is 0 Å². The summed E-state index contributed by atoms with van der Waals surface area (Å²) in [6.45, 7) is 14.2. The number of carbonyl (C=O) groups excluding carboxylic acids is 1. The number of aliphatic hydroxyl groups is 4. The van der Waals surface area contributed by atoms with Gasteiger partial charge in [-0.25, -0.2) is 0 Å². The largest absolute Gasteiger partial charge is 0.390 e. The van der Waals surface area contributed by atoms with Crippen molar-refractivity contribution in [3.8, 4) is 0 Å². The predicted octanol–water partition coefficient (Wildman–Crippen LogP) is 4.01. The summed E-state index contributed by atoms with van der Waals surface area (Å²) in [5, 5.41) is 46.1. The van der Waals surface area contributed by atoms with E-state index in [9.17, 15) is 25.2 Å². The lowest BCUT2D eigenvalue weighted by molar-refractivity contribution is -0.218. The van der Waals surface area contributed by atoms with Crippen LogP contribution in [0.3, 0.4) is 0 Å². The highest BCUT2D eigenvalue weighted by Gasteiger charge is 2.70. The van der Waals surface area contributed by atoms with E-state index >= 15 is 0 Å². The molecule has 4 saturated carbocycles. The fourth-order valence-electron chi connectivity index (χ4n) is 10.7. The van der Waals surface area contributed by atoms with Gasteiger partial charge in [-0.3, -0.25) is 4.79 Å². The summed E-state index contributed by atoms with van der Waals surface area (Å²) >= 11 is 0. The van der Waals surface area contributed by atoms with Crippen LogP contribution in [-0.4, -0.2) is 61.3 Å². The second kappa shape index (κ2) is 8.00. The second-order valence-corrected chi connectivity index (χ2v) is 15.2. The Balaban J connectivity index is 1.46. The molecule has 0 aromatic carbocycles. The van der Waals surface area contributed by atoms with Crippen LogP contribution in [0.5, 0.6) is 0 Å². The highest BCUT2D eigenvalue weighted by molar-refractivity contribution is 5.89. The Hall–Kier alpha value is -0.530. The average Bonchev–Trinajstić information content (AvgIpc) is 3.28. The standard InChI is InChI=1S/C30H50O6/c1-17(2)30(35)15-14-26(5)16-29(34,13-10-18(26)30)20-9-8-19-27(20,6)12-11-21-28(19,7)24(33)22(31)23(32)25(3,4)36-21/h17-21,23-24,32-35H,8-16H2,1-7H3/t18-,19+,20-,21-,23-,24-,26-,27-,28-,29-,30+/m1/s1. The molecule has 1 heterocycles. The van der Waals surface area contributed by atoms with Gasteiger partial charge in [0.2, 0.25) is 0 Å². The summed E-state index contributed by atoms with van der Waals surface area (Å²) in [4.78, 5) is 13.2. The highest BCUT2D eigenvalue weighted by atomic mass is 16.5. The van der Waals surface area contributed by atoms with Crippen LogP contribution in [0, 0.1) is 39.9 Å². The molecule has 4 N–H and O–H groups in total. The molecule has 0 radical (unpaired) electrons. The Labute approximate surface area is 217 Å². The molecule has 11 atom stereocenters. The smallest absolute Gasteiger partial charge is 0.193 e. The molecule has 0 amide bonds. The van der Waals surface area contributed by atoms with Crippen LogP contribution < -0.4 is 0 Å². The lowest BCUT2D eigenvalue weighted by Crippen LogP contribution is -2.61. The Morgan fingerprint density at radius 2 is 1.44 bits per heavy atom. The minimum Gasteiger partial charge on any atom is -0.390 e. The lowest BCUT2D eigenvalue weighted by Gasteiger charge is -2.59. The quantitative estimate of drug-likeness (QED) is 0.451. The Morgan fingerprint density at radius 3 is 2.08 bits per heavy atom. The minimum absolute atomic E-state index is 0.0135. The molecule has 0 bridgehead atoms. The van der Waals surface area contributed by atoms with Gasteiger partial charge in [0.25, 0.3) is 0 Å². The van der Waals surface area contributed by atoms with Crippen molar-refractivity contribution in [3.05, 3.63) is 0 Å². The van der Waals surface area contributed by atoms with E-state index in [0.717, 1.165) is 38.5 Å². The van der Waals surface area contributed by atoms with Crippen LogP contribution in [0.1, 0.15) is 106 Å². The molecule has 0 aromatic rings. The first-order valence-electron chi connectivity index (χ1n) is 14.5. The van der Waals surface area contributed by atoms with E-state index in [1.165, 1.54) is 0 Å². The molecule has 5 aliphatic rings. The minimum atomic E-state index is -1.36. The van der Waals surface area contributed by atoms with E-state index in [4.69, 9.17) is 4.74 Å². The van der Waals surface area contributed by atoms with Crippen LogP contribution >= 0.6 is 0 Å². The van der Waals surface area contributed by atoms with Crippen LogP contribution in [0.25, 0.3) is 0 Å². The molecular formula is C30H50O6. The second-order valence-electron chi connectivity index (χ2n) is 15.2. The van der Waals surface area contributed by atoms with Gasteiger partial charge in [0.1, 0.15) is 12.2 Å². The van der Waals surface area contributed by atoms with Crippen molar-refractivity contribution >= 4 is 5.78 Å². The highest BCUT2D eigenvalue weighted by Crippen LogP contribution is 2.70. The maximum absolute atomic E-state index is 13.2.